The molecule has 0 bridgehead atoms. The number of nitrogens with zero attached hydrogens (tertiary/aromatic N) is 2. The summed E-state index contributed by atoms with van der Waals surface area (Å²) < 4.78 is 4.94. The molecule has 0 aromatic heterocycles. The molecular formula is C28H26N4O3S. The number of benzene rings is 3. The normalized spacial score (nSPS) is 13.1. The predicted molar refractivity (Wildman–Crippen MR) is 143 cm³/mol. The second-order valence-corrected chi connectivity index (χ2v) is 9.27. The number of nitriles is 1. The Morgan fingerprint density at radius 2 is 1.58 bits per heavy atom. The van der Waals surface area contributed by atoms with Crippen LogP contribution in [0, 0.1) is 17.2 Å². The molecule has 3 aromatic rings. The van der Waals surface area contributed by atoms with Gasteiger partial charge in [0.2, 0.25) is 0 Å². The Balaban J connectivity index is 1.45. The summed E-state index contributed by atoms with van der Waals surface area (Å²) in [5.74, 6) is -0.614. The van der Waals surface area contributed by atoms with Crippen LogP contribution in [0.2, 0.25) is 0 Å². The van der Waals surface area contributed by atoms with Gasteiger partial charge in [0, 0.05) is 23.5 Å². The molecule has 1 unspecified atom stereocenters. The van der Waals surface area contributed by atoms with Gasteiger partial charge in [-0.3, -0.25) is 4.79 Å². The molecule has 4 rings (SSSR count). The van der Waals surface area contributed by atoms with E-state index in [4.69, 9.17) is 22.2 Å². The zero-order valence-corrected chi connectivity index (χ0v) is 21.1. The number of carbonyl (C=O) groups excluding carboxylic acids is 2. The van der Waals surface area contributed by atoms with E-state index in [0.717, 1.165) is 28.1 Å². The fraction of sp³-hybridized carbons (Fsp3) is 0.214. The number of methoxy groups -OCH3 is 1. The maximum atomic E-state index is 13.0. The third-order valence-corrected chi connectivity index (χ3v) is 6.30. The molecule has 1 atom stereocenters. The van der Waals surface area contributed by atoms with Gasteiger partial charge in [0.05, 0.1) is 18.7 Å². The zero-order chi connectivity index (χ0) is 25.8. The van der Waals surface area contributed by atoms with Gasteiger partial charge in [-0.2, -0.15) is 5.26 Å². The monoisotopic (exact) mass is 498 g/mol. The van der Waals surface area contributed by atoms with Crippen molar-refractivity contribution in [3.63, 3.8) is 0 Å². The Kier molecular flexibility index (Phi) is 7.32. The van der Waals surface area contributed by atoms with E-state index in [0.29, 0.717) is 22.8 Å². The highest BCUT2D eigenvalue weighted by molar-refractivity contribution is 7.80. The molecule has 1 aliphatic heterocycles. The fourth-order valence-electron chi connectivity index (χ4n) is 4.30. The molecule has 0 fully saturated rings. The van der Waals surface area contributed by atoms with Crippen molar-refractivity contribution in [3.8, 4) is 17.2 Å². The number of ether oxygens (including phenoxy) is 1. The van der Waals surface area contributed by atoms with E-state index in [9.17, 15) is 9.59 Å². The van der Waals surface area contributed by atoms with E-state index in [1.807, 2.05) is 56.3 Å². The largest absolute Gasteiger partial charge is 0.467 e. The molecule has 1 amide bonds. The van der Waals surface area contributed by atoms with Crippen LogP contribution in [0.25, 0.3) is 11.1 Å². The Hall–Kier alpha value is -4.22. The van der Waals surface area contributed by atoms with Crippen LogP contribution in [-0.4, -0.2) is 35.0 Å². The first-order valence-corrected chi connectivity index (χ1v) is 11.9. The molecule has 1 aliphatic rings. The molecule has 7 nitrogen and oxygen atoms in total. The Bertz CT molecular complexity index is 1340. The van der Waals surface area contributed by atoms with Gasteiger partial charge in [-0.05, 0) is 83.4 Å². The molecule has 0 saturated carbocycles. The van der Waals surface area contributed by atoms with E-state index in [-0.39, 0.29) is 11.8 Å². The summed E-state index contributed by atoms with van der Waals surface area (Å²) in [6, 6.07) is 22.1. The highest BCUT2D eigenvalue weighted by Gasteiger charge is 2.38. The fourth-order valence-corrected chi connectivity index (χ4v) is 4.53. The van der Waals surface area contributed by atoms with Crippen LogP contribution in [0.5, 0.6) is 0 Å². The topological polar surface area (TPSA) is 94.5 Å². The first-order valence-electron chi connectivity index (χ1n) is 11.5. The Labute approximate surface area is 215 Å². The summed E-state index contributed by atoms with van der Waals surface area (Å²) in [6.45, 7) is 4.18. The minimum Gasteiger partial charge on any atom is -0.467 e. The summed E-state index contributed by atoms with van der Waals surface area (Å²) in [6.07, 6.45) is 0. The van der Waals surface area contributed by atoms with Crippen molar-refractivity contribution in [3.05, 3.63) is 83.4 Å². The van der Waals surface area contributed by atoms with Crippen molar-refractivity contribution in [2.24, 2.45) is 5.92 Å². The lowest BCUT2D eigenvalue weighted by atomic mass is 10.0. The maximum absolute atomic E-state index is 13.0. The average Bonchev–Trinajstić information content (AvgIpc) is 3.19. The lowest BCUT2D eigenvalue weighted by Gasteiger charge is -2.28. The van der Waals surface area contributed by atoms with Gasteiger partial charge < -0.3 is 20.3 Å². The van der Waals surface area contributed by atoms with Crippen LogP contribution in [0.1, 0.15) is 35.3 Å². The highest BCUT2D eigenvalue weighted by Crippen LogP contribution is 2.32. The van der Waals surface area contributed by atoms with Crippen molar-refractivity contribution >= 4 is 40.6 Å². The predicted octanol–water partition coefficient (Wildman–Crippen LogP) is 5.19. The second-order valence-electron chi connectivity index (χ2n) is 8.86. The zero-order valence-electron chi connectivity index (χ0n) is 20.2. The number of anilines is 2. The molecule has 8 heteroatoms. The molecular weight excluding hydrogens is 472 g/mol. The van der Waals surface area contributed by atoms with Crippen LogP contribution in [-0.2, 0) is 16.1 Å². The van der Waals surface area contributed by atoms with Crippen molar-refractivity contribution in [1.29, 1.82) is 5.26 Å². The number of carbonyl (C=O) groups is 2. The molecule has 1 heterocycles. The smallest absolute Gasteiger partial charge is 0.328 e. The van der Waals surface area contributed by atoms with Crippen molar-refractivity contribution in [2.75, 3.05) is 17.7 Å². The summed E-state index contributed by atoms with van der Waals surface area (Å²) in [5.41, 5.74) is 5.68. The Morgan fingerprint density at radius 1 is 1.00 bits per heavy atom. The number of esters is 1. The SMILES string of the molecule is COC(=O)C(C(C)C)N1Cc2cc(-c3ccc(NC(=S)Nc4ccc(C#N)cc4)cc3)ccc2C1=O. The van der Waals surface area contributed by atoms with Crippen LogP contribution in [0.3, 0.4) is 0 Å². The molecule has 0 radical (unpaired) electrons. The highest BCUT2D eigenvalue weighted by atomic mass is 32.1. The number of fused-ring (bicyclic) bond motifs is 1. The minimum atomic E-state index is -0.620. The Morgan fingerprint density at radius 3 is 2.14 bits per heavy atom. The molecule has 0 spiro atoms. The van der Waals surface area contributed by atoms with E-state index < -0.39 is 12.0 Å². The second kappa shape index (κ2) is 10.6. The quantitative estimate of drug-likeness (QED) is 0.357. The molecule has 2 N–H and O–H groups in total. The van der Waals surface area contributed by atoms with Gasteiger partial charge >= 0.3 is 5.97 Å². The van der Waals surface area contributed by atoms with E-state index in [1.54, 1.807) is 29.2 Å². The van der Waals surface area contributed by atoms with Crippen LogP contribution in [0.4, 0.5) is 11.4 Å². The number of amides is 1. The maximum Gasteiger partial charge on any atom is 0.328 e. The van der Waals surface area contributed by atoms with Gasteiger partial charge in [0.1, 0.15) is 6.04 Å². The number of hydrogen-bond donors (Lipinski definition) is 2. The number of thiocarbonyl (C=S) groups is 1. The molecule has 0 saturated heterocycles. The van der Waals surface area contributed by atoms with Gasteiger partial charge in [0.25, 0.3) is 5.91 Å². The lowest BCUT2D eigenvalue weighted by Crippen LogP contribution is -2.45. The number of hydrogen-bond acceptors (Lipinski definition) is 5. The minimum absolute atomic E-state index is 0.0623. The summed E-state index contributed by atoms with van der Waals surface area (Å²) >= 11 is 5.39. The number of rotatable bonds is 6. The van der Waals surface area contributed by atoms with Crippen LogP contribution >= 0.6 is 12.2 Å². The summed E-state index contributed by atoms with van der Waals surface area (Å²) in [4.78, 5) is 26.9. The van der Waals surface area contributed by atoms with E-state index in [2.05, 4.69) is 16.7 Å². The van der Waals surface area contributed by atoms with Crippen molar-refractivity contribution in [1.82, 2.24) is 4.90 Å². The molecule has 182 valence electrons. The number of nitrogens with one attached hydrogen (secondary N) is 2. The lowest BCUT2D eigenvalue weighted by molar-refractivity contribution is -0.147. The van der Waals surface area contributed by atoms with Gasteiger partial charge in [-0.15, -0.1) is 0 Å². The third-order valence-electron chi connectivity index (χ3n) is 6.10. The van der Waals surface area contributed by atoms with E-state index in [1.165, 1.54) is 7.11 Å². The molecule has 36 heavy (non-hydrogen) atoms. The van der Waals surface area contributed by atoms with Gasteiger partial charge in [-0.25, -0.2) is 4.79 Å². The van der Waals surface area contributed by atoms with E-state index >= 15 is 0 Å². The van der Waals surface area contributed by atoms with Crippen LogP contribution in [0.15, 0.2) is 66.7 Å². The summed E-state index contributed by atoms with van der Waals surface area (Å²) in [7, 11) is 1.35. The molecule has 0 aliphatic carbocycles. The third kappa shape index (κ3) is 5.21. The van der Waals surface area contributed by atoms with Crippen LogP contribution < -0.4 is 10.6 Å². The average molecular weight is 499 g/mol. The van der Waals surface area contributed by atoms with Gasteiger partial charge in [0.15, 0.2) is 5.11 Å². The summed E-state index contributed by atoms with van der Waals surface area (Å²) in [5, 5.41) is 15.6. The standard InChI is InChI=1S/C28H26N4O3S/c1-17(2)25(27(34)35-3)32-16-21-14-20(8-13-24(21)26(32)33)19-6-11-23(12-7-19)31-28(36)30-22-9-4-18(15-29)5-10-22/h4-14,17,25H,16H2,1-3H3,(H2,30,31,36). The molecule has 3 aromatic carbocycles. The van der Waals surface area contributed by atoms with Gasteiger partial charge in [-0.1, -0.05) is 32.0 Å². The first kappa shape index (κ1) is 24.9. The van der Waals surface area contributed by atoms with Crippen molar-refractivity contribution < 1.29 is 14.3 Å². The first-order chi connectivity index (χ1) is 17.3. The van der Waals surface area contributed by atoms with Crippen molar-refractivity contribution in [2.45, 2.75) is 26.4 Å².